The van der Waals surface area contributed by atoms with E-state index in [-0.39, 0.29) is 34.5 Å². The summed E-state index contributed by atoms with van der Waals surface area (Å²) in [6.07, 6.45) is 1.62. The second-order valence-corrected chi connectivity index (χ2v) is 10.8. The molecule has 2 aromatic heterocycles. The lowest BCUT2D eigenvalue weighted by Gasteiger charge is -2.24. The Morgan fingerprint density at radius 3 is 2.56 bits per heavy atom. The number of amides is 1. The topological polar surface area (TPSA) is 132 Å². The van der Waals surface area contributed by atoms with E-state index in [0.717, 1.165) is 11.6 Å². The van der Waals surface area contributed by atoms with Crippen LogP contribution in [0.3, 0.4) is 0 Å². The van der Waals surface area contributed by atoms with Crippen molar-refractivity contribution < 1.29 is 22.0 Å². The lowest BCUT2D eigenvalue weighted by molar-refractivity contribution is -0.119. The standard InChI is InChI=1S/C24H19ClFN5O4S/c1-13-2-7-19(28-10-13)23-30-29-22(35-23)16-8-20-21(9-17(16)26)36(33,34)12-18(27)24(32)31(20)11-14-3-5-15(25)6-4-14/h2-10,18H,11-12,27H2,1H3/t18-/m0/s1. The van der Waals surface area contributed by atoms with Crippen LogP contribution in [0.1, 0.15) is 11.1 Å². The van der Waals surface area contributed by atoms with Crippen molar-refractivity contribution in [1.29, 1.82) is 0 Å². The number of rotatable bonds is 4. The molecule has 36 heavy (non-hydrogen) atoms. The molecule has 2 aromatic carbocycles. The summed E-state index contributed by atoms with van der Waals surface area (Å²) in [5, 5.41) is 8.36. The molecule has 0 bridgehead atoms. The lowest BCUT2D eigenvalue weighted by atomic mass is 10.1. The summed E-state index contributed by atoms with van der Waals surface area (Å²) in [4.78, 5) is 18.3. The maximum absolute atomic E-state index is 15.2. The molecule has 0 unspecified atom stereocenters. The van der Waals surface area contributed by atoms with Crippen LogP contribution in [-0.4, -0.2) is 41.3 Å². The van der Waals surface area contributed by atoms with Gasteiger partial charge in [-0.1, -0.05) is 29.8 Å². The van der Waals surface area contributed by atoms with E-state index in [0.29, 0.717) is 16.3 Å². The number of sulfone groups is 1. The third kappa shape index (κ3) is 4.48. The molecule has 0 spiro atoms. The first-order chi connectivity index (χ1) is 17.1. The van der Waals surface area contributed by atoms with Gasteiger partial charge in [-0.3, -0.25) is 9.78 Å². The summed E-state index contributed by atoms with van der Waals surface area (Å²) in [7, 11) is -4.08. The van der Waals surface area contributed by atoms with Gasteiger partial charge < -0.3 is 15.1 Å². The number of fused-ring (bicyclic) bond motifs is 1. The molecule has 0 aliphatic carbocycles. The van der Waals surface area contributed by atoms with Gasteiger partial charge in [0.05, 0.1) is 34.5 Å². The van der Waals surface area contributed by atoms with Gasteiger partial charge in [0.25, 0.3) is 11.8 Å². The van der Waals surface area contributed by atoms with Crippen molar-refractivity contribution in [3.8, 4) is 23.0 Å². The number of nitrogens with zero attached hydrogens (tertiary/aromatic N) is 4. The van der Waals surface area contributed by atoms with Crippen molar-refractivity contribution in [2.45, 2.75) is 24.4 Å². The van der Waals surface area contributed by atoms with E-state index in [1.54, 1.807) is 36.5 Å². The molecule has 12 heteroatoms. The van der Waals surface area contributed by atoms with E-state index in [4.69, 9.17) is 21.8 Å². The highest BCUT2D eigenvalue weighted by molar-refractivity contribution is 7.91. The van der Waals surface area contributed by atoms with Crippen LogP contribution in [0.4, 0.5) is 10.1 Å². The Bertz CT molecular complexity index is 1570. The molecule has 3 heterocycles. The van der Waals surface area contributed by atoms with Gasteiger partial charge in [0.15, 0.2) is 9.84 Å². The minimum atomic E-state index is -4.08. The number of benzene rings is 2. The minimum absolute atomic E-state index is 0.0142. The normalized spacial score (nSPS) is 17.1. The number of aryl methyl sites for hydroxylation is 1. The van der Waals surface area contributed by atoms with Crippen LogP contribution in [-0.2, 0) is 21.2 Å². The van der Waals surface area contributed by atoms with Crippen molar-refractivity contribution in [2.75, 3.05) is 10.7 Å². The van der Waals surface area contributed by atoms with Gasteiger partial charge in [0.1, 0.15) is 11.5 Å². The fraction of sp³-hybridized carbons (Fsp3) is 0.167. The van der Waals surface area contributed by atoms with E-state index in [1.165, 1.54) is 11.0 Å². The summed E-state index contributed by atoms with van der Waals surface area (Å²) in [5.74, 6) is -2.32. The monoisotopic (exact) mass is 527 g/mol. The molecule has 0 saturated heterocycles. The first kappa shape index (κ1) is 24.0. The number of hydrogen-bond donors (Lipinski definition) is 1. The Labute approximate surface area is 210 Å². The predicted molar refractivity (Wildman–Crippen MR) is 130 cm³/mol. The predicted octanol–water partition coefficient (Wildman–Crippen LogP) is 3.55. The average Bonchev–Trinajstić information content (AvgIpc) is 3.31. The molecule has 5 rings (SSSR count). The summed E-state index contributed by atoms with van der Waals surface area (Å²) in [5.41, 5.74) is 7.72. The van der Waals surface area contributed by atoms with Gasteiger partial charge in [0.2, 0.25) is 5.91 Å². The number of hydrogen-bond acceptors (Lipinski definition) is 8. The SMILES string of the molecule is Cc1ccc(-c2nnc(-c3cc4c(cc3F)S(=O)(=O)C[C@H](N)C(=O)N4Cc3ccc(Cl)cc3)o2)nc1. The number of anilines is 1. The fourth-order valence-corrected chi connectivity index (χ4v) is 5.54. The molecule has 184 valence electrons. The van der Waals surface area contributed by atoms with Crippen molar-refractivity contribution in [3.05, 3.63) is 76.7 Å². The highest BCUT2D eigenvalue weighted by Crippen LogP contribution is 2.37. The molecule has 1 atom stereocenters. The lowest BCUT2D eigenvalue weighted by Crippen LogP contribution is -2.45. The summed E-state index contributed by atoms with van der Waals surface area (Å²) < 4.78 is 46.9. The maximum Gasteiger partial charge on any atom is 0.266 e. The first-order valence-corrected chi connectivity index (χ1v) is 12.8. The molecule has 1 aliphatic rings. The van der Waals surface area contributed by atoms with Gasteiger partial charge in [-0.25, -0.2) is 12.8 Å². The van der Waals surface area contributed by atoms with Crippen molar-refractivity contribution in [2.24, 2.45) is 5.73 Å². The van der Waals surface area contributed by atoms with E-state index in [9.17, 15) is 13.2 Å². The number of carbonyl (C=O) groups is 1. The van der Waals surface area contributed by atoms with Crippen LogP contribution in [0.2, 0.25) is 5.02 Å². The van der Waals surface area contributed by atoms with Crippen LogP contribution in [0, 0.1) is 12.7 Å². The molecule has 2 N–H and O–H groups in total. The third-order valence-corrected chi connectivity index (χ3v) is 7.74. The maximum atomic E-state index is 15.2. The molecule has 9 nitrogen and oxygen atoms in total. The minimum Gasteiger partial charge on any atom is -0.414 e. The van der Waals surface area contributed by atoms with Crippen molar-refractivity contribution in [1.82, 2.24) is 15.2 Å². The molecular formula is C24H19ClFN5O4S. The third-order valence-electron chi connectivity index (χ3n) is 5.70. The molecule has 0 radical (unpaired) electrons. The van der Waals surface area contributed by atoms with E-state index in [2.05, 4.69) is 15.2 Å². The van der Waals surface area contributed by atoms with E-state index < -0.39 is 33.4 Å². The number of carbonyl (C=O) groups excluding carboxylic acids is 1. The summed E-state index contributed by atoms with van der Waals surface area (Å²) >= 11 is 5.96. The van der Waals surface area contributed by atoms with Crippen LogP contribution >= 0.6 is 11.6 Å². The molecule has 0 saturated carbocycles. The number of halogens is 2. The number of nitrogens with two attached hydrogens (primary N) is 1. The molecule has 1 aliphatic heterocycles. The summed E-state index contributed by atoms with van der Waals surface area (Å²) in [6.45, 7) is 1.86. The number of aromatic nitrogens is 3. The first-order valence-electron chi connectivity index (χ1n) is 10.8. The largest absolute Gasteiger partial charge is 0.414 e. The molecule has 4 aromatic rings. The van der Waals surface area contributed by atoms with Gasteiger partial charge in [-0.05, 0) is 48.4 Å². The van der Waals surface area contributed by atoms with Crippen LogP contribution in [0.5, 0.6) is 0 Å². The van der Waals surface area contributed by atoms with Crippen molar-refractivity contribution in [3.63, 3.8) is 0 Å². The smallest absolute Gasteiger partial charge is 0.266 e. The van der Waals surface area contributed by atoms with Gasteiger partial charge in [-0.2, -0.15) is 0 Å². The Morgan fingerprint density at radius 1 is 1.14 bits per heavy atom. The quantitative estimate of drug-likeness (QED) is 0.426. The van der Waals surface area contributed by atoms with Gasteiger partial charge in [-0.15, -0.1) is 10.2 Å². The van der Waals surface area contributed by atoms with Crippen LogP contribution in [0.25, 0.3) is 23.0 Å². The van der Waals surface area contributed by atoms with E-state index >= 15 is 4.39 Å². The second-order valence-electron chi connectivity index (χ2n) is 8.37. The Morgan fingerprint density at radius 2 is 1.86 bits per heavy atom. The zero-order valence-corrected chi connectivity index (χ0v) is 20.4. The summed E-state index contributed by atoms with van der Waals surface area (Å²) in [6, 6.07) is 10.9. The molecule has 1 amide bonds. The molecular weight excluding hydrogens is 509 g/mol. The van der Waals surface area contributed by atoms with Crippen LogP contribution in [0.15, 0.2) is 64.0 Å². The van der Waals surface area contributed by atoms with Crippen molar-refractivity contribution >= 4 is 33.0 Å². The van der Waals surface area contributed by atoms with Gasteiger partial charge >= 0.3 is 0 Å². The second kappa shape index (κ2) is 9.08. The zero-order chi connectivity index (χ0) is 25.6. The Hall–Kier alpha value is -3.67. The number of pyridine rings is 1. The van der Waals surface area contributed by atoms with Gasteiger partial charge in [0, 0.05) is 11.2 Å². The van der Waals surface area contributed by atoms with Crippen LogP contribution < -0.4 is 10.6 Å². The Balaban J connectivity index is 1.63. The highest BCUT2D eigenvalue weighted by atomic mass is 35.5. The zero-order valence-electron chi connectivity index (χ0n) is 18.9. The average molecular weight is 528 g/mol. The fourth-order valence-electron chi connectivity index (χ4n) is 3.85. The molecule has 0 fully saturated rings. The van der Waals surface area contributed by atoms with E-state index in [1.807, 2.05) is 13.0 Å². The Kier molecular flexibility index (Phi) is 6.07. The highest BCUT2D eigenvalue weighted by Gasteiger charge is 2.37.